The Morgan fingerprint density at radius 1 is 1.09 bits per heavy atom. The minimum Gasteiger partial charge on any atom is -0.492 e. The standard InChI is InChI=1S/C19H22O2S/c1-14(2)18-6-4-5-7-19(18)21-12-13-22-17-10-8-16(9-11-17)15(3)20/h4-11,14H,12-13H2,1-3H3. The molecule has 116 valence electrons. The third kappa shape index (κ3) is 4.63. The first-order chi connectivity index (χ1) is 10.6. The van der Waals surface area contributed by atoms with Crippen LogP contribution in [-0.2, 0) is 0 Å². The van der Waals surface area contributed by atoms with Crippen molar-refractivity contribution < 1.29 is 9.53 Å². The van der Waals surface area contributed by atoms with E-state index in [0.29, 0.717) is 12.5 Å². The van der Waals surface area contributed by atoms with Crippen molar-refractivity contribution in [2.45, 2.75) is 31.6 Å². The lowest BCUT2D eigenvalue weighted by Gasteiger charge is -2.13. The highest BCUT2D eigenvalue weighted by molar-refractivity contribution is 7.99. The minimum atomic E-state index is 0.102. The molecule has 22 heavy (non-hydrogen) atoms. The molecule has 2 aromatic rings. The molecule has 2 nitrogen and oxygen atoms in total. The number of para-hydroxylation sites is 1. The fourth-order valence-corrected chi connectivity index (χ4v) is 2.92. The van der Waals surface area contributed by atoms with Crippen LogP contribution in [0.2, 0.25) is 0 Å². The molecule has 0 saturated heterocycles. The van der Waals surface area contributed by atoms with E-state index >= 15 is 0 Å². The van der Waals surface area contributed by atoms with E-state index in [9.17, 15) is 4.79 Å². The number of rotatable bonds is 7. The van der Waals surface area contributed by atoms with Crippen LogP contribution >= 0.6 is 11.8 Å². The van der Waals surface area contributed by atoms with Crippen LogP contribution in [-0.4, -0.2) is 18.1 Å². The zero-order valence-electron chi connectivity index (χ0n) is 13.3. The van der Waals surface area contributed by atoms with Gasteiger partial charge in [0.2, 0.25) is 0 Å². The number of ketones is 1. The molecule has 3 heteroatoms. The van der Waals surface area contributed by atoms with Crippen molar-refractivity contribution in [3.05, 3.63) is 59.7 Å². The summed E-state index contributed by atoms with van der Waals surface area (Å²) in [7, 11) is 0. The largest absolute Gasteiger partial charge is 0.492 e. The lowest BCUT2D eigenvalue weighted by Crippen LogP contribution is -2.03. The molecule has 0 N–H and O–H groups in total. The molecule has 0 atom stereocenters. The van der Waals surface area contributed by atoms with Gasteiger partial charge in [-0.2, -0.15) is 0 Å². The number of carbonyl (C=O) groups excluding carboxylic acids is 1. The number of benzene rings is 2. The summed E-state index contributed by atoms with van der Waals surface area (Å²) in [6, 6.07) is 15.9. The number of carbonyl (C=O) groups is 1. The Kier molecular flexibility index (Phi) is 6.08. The molecular weight excluding hydrogens is 292 g/mol. The van der Waals surface area contributed by atoms with Gasteiger partial charge >= 0.3 is 0 Å². The van der Waals surface area contributed by atoms with Crippen molar-refractivity contribution in [3.8, 4) is 5.75 Å². The summed E-state index contributed by atoms with van der Waals surface area (Å²) in [6.07, 6.45) is 0. The van der Waals surface area contributed by atoms with E-state index in [0.717, 1.165) is 22.0 Å². The van der Waals surface area contributed by atoms with E-state index in [1.54, 1.807) is 18.7 Å². The van der Waals surface area contributed by atoms with Crippen molar-refractivity contribution in [1.82, 2.24) is 0 Å². The van der Waals surface area contributed by atoms with Gasteiger partial charge in [-0.1, -0.05) is 44.2 Å². The first kappa shape index (κ1) is 16.6. The van der Waals surface area contributed by atoms with Crippen LogP contribution in [0.25, 0.3) is 0 Å². The SMILES string of the molecule is CC(=O)c1ccc(SCCOc2ccccc2C(C)C)cc1. The van der Waals surface area contributed by atoms with E-state index in [1.807, 2.05) is 42.5 Å². The van der Waals surface area contributed by atoms with Gasteiger partial charge in [0.15, 0.2) is 5.78 Å². The highest BCUT2D eigenvalue weighted by Crippen LogP contribution is 2.26. The maximum absolute atomic E-state index is 11.2. The average molecular weight is 314 g/mol. The number of Topliss-reactive ketones (excluding diaryl/α,β-unsaturated/α-hetero) is 1. The van der Waals surface area contributed by atoms with Crippen molar-refractivity contribution in [2.75, 3.05) is 12.4 Å². The average Bonchev–Trinajstić information content (AvgIpc) is 2.52. The second-order valence-corrected chi connectivity index (χ2v) is 6.64. The first-order valence-electron chi connectivity index (χ1n) is 7.53. The Morgan fingerprint density at radius 2 is 1.77 bits per heavy atom. The predicted molar refractivity (Wildman–Crippen MR) is 93.2 cm³/mol. The van der Waals surface area contributed by atoms with E-state index in [1.165, 1.54) is 5.56 Å². The number of ether oxygens (including phenoxy) is 1. The van der Waals surface area contributed by atoms with E-state index in [2.05, 4.69) is 19.9 Å². The van der Waals surface area contributed by atoms with Crippen LogP contribution in [0, 0.1) is 0 Å². The van der Waals surface area contributed by atoms with E-state index in [-0.39, 0.29) is 5.78 Å². The van der Waals surface area contributed by atoms with E-state index in [4.69, 9.17) is 4.74 Å². The lowest BCUT2D eigenvalue weighted by molar-refractivity contribution is 0.101. The molecule has 2 rings (SSSR count). The van der Waals surface area contributed by atoms with Gasteiger partial charge in [0.1, 0.15) is 5.75 Å². The van der Waals surface area contributed by atoms with Gasteiger partial charge in [-0.3, -0.25) is 4.79 Å². The zero-order valence-corrected chi connectivity index (χ0v) is 14.2. The lowest BCUT2D eigenvalue weighted by atomic mass is 10.0. The second-order valence-electron chi connectivity index (χ2n) is 5.47. The van der Waals surface area contributed by atoms with Crippen molar-refractivity contribution in [1.29, 1.82) is 0 Å². The van der Waals surface area contributed by atoms with Crippen LogP contribution in [0.1, 0.15) is 42.6 Å². The van der Waals surface area contributed by atoms with Gasteiger partial charge in [-0.25, -0.2) is 0 Å². The fraction of sp³-hybridized carbons (Fsp3) is 0.316. The molecule has 0 fully saturated rings. The molecule has 0 aromatic heterocycles. The number of hydrogen-bond donors (Lipinski definition) is 0. The number of hydrogen-bond acceptors (Lipinski definition) is 3. The molecule has 0 spiro atoms. The van der Waals surface area contributed by atoms with Crippen LogP contribution < -0.4 is 4.74 Å². The zero-order chi connectivity index (χ0) is 15.9. The molecular formula is C19H22O2S. The molecule has 0 heterocycles. The Balaban J connectivity index is 1.83. The van der Waals surface area contributed by atoms with Crippen molar-refractivity contribution >= 4 is 17.5 Å². The summed E-state index contributed by atoms with van der Waals surface area (Å²) in [5.41, 5.74) is 2.00. The monoisotopic (exact) mass is 314 g/mol. The molecule has 0 saturated carbocycles. The van der Waals surface area contributed by atoms with Gasteiger partial charge in [-0.15, -0.1) is 11.8 Å². The highest BCUT2D eigenvalue weighted by Gasteiger charge is 2.06. The third-order valence-corrected chi connectivity index (χ3v) is 4.39. The van der Waals surface area contributed by atoms with Gasteiger partial charge in [0.05, 0.1) is 6.61 Å². The van der Waals surface area contributed by atoms with Gasteiger partial charge in [0.25, 0.3) is 0 Å². The fourth-order valence-electron chi connectivity index (χ4n) is 2.19. The van der Waals surface area contributed by atoms with Crippen molar-refractivity contribution in [2.24, 2.45) is 0 Å². The quantitative estimate of drug-likeness (QED) is 0.400. The Morgan fingerprint density at radius 3 is 2.41 bits per heavy atom. The topological polar surface area (TPSA) is 26.3 Å². The summed E-state index contributed by atoms with van der Waals surface area (Å²) in [6.45, 7) is 6.60. The molecule has 0 amide bonds. The van der Waals surface area contributed by atoms with Crippen LogP contribution in [0.3, 0.4) is 0 Å². The van der Waals surface area contributed by atoms with Crippen LogP contribution in [0.4, 0.5) is 0 Å². The van der Waals surface area contributed by atoms with Gasteiger partial charge in [0, 0.05) is 16.2 Å². The molecule has 0 aliphatic rings. The smallest absolute Gasteiger partial charge is 0.159 e. The van der Waals surface area contributed by atoms with E-state index < -0.39 is 0 Å². The molecule has 0 aliphatic carbocycles. The summed E-state index contributed by atoms with van der Waals surface area (Å²) in [5, 5.41) is 0. The normalized spacial score (nSPS) is 10.7. The van der Waals surface area contributed by atoms with Crippen molar-refractivity contribution in [3.63, 3.8) is 0 Å². The van der Waals surface area contributed by atoms with Gasteiger partial charge < -0.3 is 4.74 Å². The summed E-state index contributed by atoms with van der Waals surface area (Å²) < 4.78 is 5.91. The van der Waals surface area contributed by atoms with Crippen LogP contribution in [0.15, 0.2) is 53.4 Å². The summed E-state index contributed by atoms with van der Waals surface area (Å²) in [4.78, 5) is 12.4. The Bertz CT molecular complexity index is 618. The van der Waals surface area contributed by atoms with Crippen LogP contribution in [0.5, 0.6) is 5.75 Å². The highest BCUT2D eigenvalue weighted by atomic mass is 32.2. The summed E-state index contributed by atoms with van der Waals surface area (Å²) in [5.74, 6) is 2.42. The molecule has 0 unspecified atom stereocenters. The van der Waals surface area contributed by atoms with Gasteiger partial charge in [-0.05, 0) is 36.6 Å². The molecule has 2 aromatic carbocycles. The Hall–Kier alpha value is -1.74. The number of thioether (sulfide) groups is 1. The third-order valence-electron chi connectivity index (χ3n) is 3.41. The maximum Gasteiger partial charge on any atom is 0.159 e. The first-order valence-corrected chi connectivity index (χ1v) is 8.52. The molecule has 0 bridgehead atoms. The minimum absolute atomic E-state index is 0.102. The Labute approximate surface area is 136 Å². The summed E-state index contributed by atoms with van der Waals surface area (Å²) >= 11 is 1.74. The predicted octanol–water partition coefficient (Wildman–Crippen LogP) is 5.18. The molecule has 0 aliphatic heterocycles. The molecule has 0 radical (unpaired) electrons. The maximum atomic E-state index is 11.2. The second kappa shape index (κ2) is 8.04.